The number of piperidine rings is 2. The monoisotopic (exact) mass is 368 g/mol. The molecule has 2 atom stereocenters. The first kappa shape index (κ1) is 18.1. The van der Waals surface area contributed by atoms with E-state index in [1.807, 2.05) is 6.07 Å². The van der Waals surface area contributed by atoms with Gasteiger partial charge >= 0.3 is 0 Å². The van der Waals surface area contributed by atoms with Crippen LogP contribution in [0.2, 0.25) is 0 Å². The highest BCUT2D eigenvalue weighted by atomic mass is 19.1. The Labute approximate surface area is 159 Å². The zero-order valence-electron chi connectivity index (χ0n) is 15.6. The first-order chi connectivity index (χ1) is 13.2. The Morgan fingerprint density at radius 3 is 2.59 bits per heavy atom. The SMILES string of the molecule is COc1ncc(F)cc1C(=O)C1CC2CCCC(C1)N2Cc1ccccc1. The molecule has 0 radical (unpaired) electrons. The van der Waals surface area contributed by atoms with Gasteiger partial charge < -0.3 is 4.74 Å². The van der Waals surface area contributed by atoms with Gasteiger partial charge in [-0.05, 0) is 37.3 Å². The van der Waals surface area contributed by atoms with Crippen molar-refractivity contribution in [1.82, 2.24) is 9.88 Å². The maximum atomic E-state index is 13.7. The molecule has 2 unspecified atom stereocenters. The van der Waals surface area contributed by atoms with E-state index in [2.05, 4.69) is 34.1 Å². The summed E-state index contributed by atoms with van der Waals surface area (Å²) in [6, 6.07) is 12.6. The molecule has 0 amide bonds. The number of halogens is 1. The standard InChI is InChI=1S/C22H25FN2O2/c1-27-22-20(12-17(23)13-24-22)21(26)16-10-18-8-5-9-19(11-16)25(18)14-15-6-3-2-4-7-15/h2-4,6-7,12-13,16,18-19H,5,8-11,14H2,1H3. The van der Waals surface area contributed by atoms with Crippen LogP contribution in [0.25, 0.3) is 0 Å². The Balaban J connectivity index is 1.53. The van der Waals surface area contributed by atoms with Gasteiger partial charge in [0.05, 0.1) is 18.9 Å². The van der Waals surface area contributed by atoms with Crippen LogP contribution in [0.3, 0.4) is 0 Å². The van der Waals surface area contributed by atoms with Gasteiger partial charge in [0, 0.05) is 24.5 Å². The number of carbonyl (C=O) groups excluding carboxylic acids is 1. The molecule has 1 aromatic carbocycles. The molecule has 4 nitrogen and oxygen atoms in total. The van der Waals surface area contributed by atoms with Crippen molar-refractivity contribution in [2.75, 3.05) is 7.11 Å². The van der Waals surface area contributed by atoms with Crippen LogP contribution in [0.4, 0.5) is 4.39 Å². The summed E-state index contributed by atoms with van der Waals surface area (Å²) in [5.41, 5.74) is 1.59. The van der Waals surface area contributed by atoms with Crippen molar-refractivity contribution in [3.63, 3.8) is 0 Å². The molecule has 2 aromatic rings. The molecule has 0 aliphatic carbocycles. The molecule has 142 valence electrons. The number of hydrogen-bond acceptors (Lipinski definition) is 4. The fraction of sp³-hybridized carbons (Fsp3) is 0.455. The zero-order valence-corrected chi connectivity index (χ0v) is 15.6. The number of methoxy groups -OCH3 is 1. The largest absolute Gasteiger partial charge is 0.480 e. The molecule has 4 rings (SSSR count). The van der Waals surface area contributed by atoms with Crippen molar-refractivity contribution < 1.29 is 13.9 Å². The van der Waals surface area contributed by atoms with Crippen molar-refractivity contribution in [3.8, 4) is 5.88 Å². The van der Waals surface area contributed by atoms with E-state index in [-0.39, 0.29) is 23.1 Å². The van der Waals surface area contributed by atoms with E-state index in [4.69, 9.17) is 4.74 Å². The average molecular weight is 368 g/mol. The molecule has 0 N–H and O–H groups in total. The van der Waals surface area contributed by atoms with Gasteiger partial charge in [-0.3, -0.25) is 9.69 Å². The fourth-order valence-electron chi connectivity index (χ4n) is 4.73. The molecule has 3 heterocycles. The first-order valence-electron chi connectivity index (χ1n) is 9.69. The number of rotatable bonds is 5. The van der Waals surface area contributed by atoms with Gasteiger partial charge in [0.2, 0.25) is 5.88 Å². The number of nitrogens with zero attached hydrogens (tertiary/aromatic N) is 2. The van der Waals surface area contributed by atoms with Crippen LogP contribution in [0, 0.1) is 11.7 Å². The number of pyridine rings is 1. The second-order valence-corrected chi connectivity index (χ2v) is 7.64. The van der Waals surface area contributed by atoms with Gasteiger partial charge in [0.25, 0.3) is 0 Å². The van der Waals surface area contributed by atoms with Crippen molar-refractivity contribution in [3.05, 3.63) is 59.5 Å². The smallest absolute Gasteiger partial charge is 0.224 e. The maximum Gasteiger partial charge on any atom is 0.224 e. The maximum absolute atomic E-state index is 13.7. The van der Waals surface area contributed by atoms with E-state index in [1.54, 1.807) is 0 Å². The van der Waals surface area contributed by atoms with Crippen LogP contribution in [-0.4, -0.2) is 34.9 Å². The first-order valence-corrected chi connectivity index (χ1v) is 9.69. The number of aromatic nitrogens is 1. The number of carbonyl (C=O) groups is 1. The molecule has 0 spiro atoms. The molecule has 2 bridgehead atoms. The number of fused-ring (bicyclic) bond motifs is 2. The molecule has 2 aliphatic heterocycles. The summed E-state index contributed by atoms with van der Waals surface area (Å²) in [5.74, 6) is -0.404. The molecular weight excluding hydrogens is 343 g/mol. The molecular formula is C22H25FN2O2. The third-order valence-electron chi connectivity index (χ3n) is 5.98. The summed E-state index contributed by atoms with van der Waals surface area (Å²) in [6.07, 6.45) is 6.18. The quantitative estimate of drug-likeness (QED) is 0.740. The Kier molecular flexibility index (Phi) is 5.21. The van der Waals surface area contributed by atoms with E-state index in [9.17, 15) is 9.18 Å². The minimum Gasteiger partial charge on any atom is -0.480 e. The van der Waals surface area contributed by atoms with Gasteiger partial charge in [-0.2, -0.15) is 0 Å². The van der Waals surface area contributed by atoms with Gasteiger partial charge in [0.1, 0.15) is 5.82 Å². The van der Waals surface area contributed by atoms with Crippen LogP contribution in [0.15, 0.2) is 42.6 Å². The normalized spacial score (nSPS) is 25.2. The minimum absolute atomic E-state index is 0.0323. The molecule has 27 heavy (non-hydrogen) atoms. The van der Waals surface area contributed by atoms with Crippen molar-refractivity contribution >= 4 is 5.78 Å². The second-order valence-electron chi connectivity index (χ2n) is 7.64. The highest BCUT2D eigenvalue weighted by Crippen LogP contribution is 2.39. The lowest BCUT2D eigenvalue weighted by Gasteiger charge is -2.48. The van der Waals surface area contributed by atoms with E-state index in [1.165, 1.54) is 25.2 Å². The Morgan fingerprint density at radius 2 is 1.93 bits per heavy atom. The van der Waals surface area contributed by atoms with E-state index >= 15 is 0 Å². The Morgan fingerprint density at radius 1 is 1.22 bits per heavy atom. The van der Waals surface area contributed by atoms with E-state index < -0.39 is 5.82 Å². The zero-order chi connectivity index (χ0) is 18.8. The predicted octanol–water partition coefficient (Wildman–Crippen LogP) is 4.25. The summed E-state index contributed by atoms with van der Waals surface area (Å²) >= 11 is 0. The summed E-state index contributed by atoms with van der Waals surface area (Å²) in [4.78, 5) is 19.6. The minimum atomic E-state index is -0.499. The van der Waals surface area contributed by atoms with Crippen molar-refractivity contribution in [2.45, 2.75) is 50.7 Å². The number of hydrogen-bond donors (Lipinski definition) is 0. The molecule has 2 fully saturated rings. The van der Waals surface area contributed by atoms with Crippen molar-refractivity contribution in [2.24, 2.45) is 5.92 Å². The Bertz CT molecular complexity index is 797. The lowest BCUT2D eigenvalue weighted by atomic mass is 9.75. The third kappa shape index (κ3) is 3.74. The summed E-state index contributed by atoms with van der Waals surface area (Å²) in [7, 11) is 1.47. The fourth-order valence-corrected chi connectivity index (χ4v) is 4.73. The predicted molar refractivity (Wildman–Crippen MR) is 101 cm³/mol. The molecule has 1 aromatic heterocycles. The van der Waals surface area contributed by atoms with E-state index in [0.29, 0.717) is 12.1 Å². The van der Waals surface area contributed by atoms with Crippen LogP contribution in [0.1, 0.15) is 48.0 Å². The number of ketones is 1. The van der Waals surface area contributed by atoms with Gasteiger partial charge in [-0.25, -0.2) is 9.37 Å². The third-order valence-corrected chi connectivity index (χ3v) is 5.98. The van der Waals surface area contributed by atoms with Crippen molar-refractivity contribution in [1.29, 1.82) is 0 Å². The lowest BCUT2D eigenvalue weighted by Crippen LogP contribution is -2.52. The molecule has 0 saturated carbocycles. The van der Waals surface area contributed by atoms with Gasteiger partial charge in [-0.1, -0.05) is 36.8 Å². The second kappa shape index (κ2) is 7.77. The van der Waals surface area contributed by atoms with Crippen LogP contribution in [-0.2, 0) is 6.54 Å². The number of ether oxygens (including phenoxy) is 1. The highest BCUT2D eigenvalue weighted by Gasteiger charge is 2.41. The molecule has 5 heteroatoms. The van der Waals surface area contributed by atoms with Gasteiger partial charge in [-0.15, -0.1) is 0 Å². The van der Waals surface area contributed by atoms with Gasteiger partial charge in [0.15, 0.2) is 5.78 Å². The van der Waals surface area contributed by atoms with Crippen LogP contribution in [0.5, 0.6) is 5.88 Å². The Hall–Kier alpha value is -2.27. The highest BCUT2D eigenvalue weighted by molar-refractivity contribution is 6.00. The molecule has 2 saturated heterocycles. The topological polar surface area (TPSA) is 42.4 Å². The summed E-state index contributed by atoms with van der Waals surface area (Å²) < 4.78 is 18.9. The number of benzene rings is 1. The molecule has 2 aliphatic rings. The van der Waals surface area contributed by atoms with Crippen LogP contribution >= 0.6 is 0 Å². The number of Topliss-reactive ketones (excluding diaryl/α,β-unsaturated/α-hetero) is 1. The van der Waals surface area contributed by atoms with E-state index in [0.717, 1.165) is 38.4 Å². The summed E-state index contributed by atoms with van der Waals surface area (Å²) in [5, 5.41) is 0. The average Bonchev–Trinajstić information content (AvgIpc) is 2.68. The lowest BCUT2D eigenvalue weighted by molar-refractivity contribution is 0.00896. The summed E-state index contributed by atoms with van der Waals surface area (Å²) in [6.45, 7) is 0.932. The van der Waals surface area contributed by atoms with Crippen LogP contribution < -0.4 is 4.74 Å².